The van der Waals surface area contributed by atoms with Crippen LogP contribution in [-0.2, 0) is 13.8 Å². The first-order valence-electron chi connectivity index (χ1n) is 6.50. The van der Waals surface area contributed by atoms with Crippen LogP contribution in [0.3, 0.4) is 0 Å². The van der Waals surface area contributed by atoms with E-state index in [0.29, 0.717) is 0 Å². The molecule has 1 saturated heterocycles. The van der Waals surface area contributed by atoms with Crippen LogP contribution in [-0.4, -0.2) is 58.6 Å². The molecule has 4 atom stereocenters. The van der Waals surface area contributed by atoms with Crippen LogP contribution < -0.4 is 5.73 Å². The molecule has 11 nitrogen and oxygen atoms in total. The molecule has 2 aromatic heterocycles. The van der Waals surface area contributed by atoms with Gasteiger partial charge in [0.2, 0.25) is 0 Å². The van der Waals surface area contributed by atoms with Crippen molar-refractivity contribution in [2.45, 2.75) is 23.8 Å². The summed E-state index contributed by atoms with van der Waals surface area (Å²) in [6.07, 6.45) is -3.30. The highest BCUT2D eigenvalue weighted by Gasteiger charge is 2.45. The Kier molecular flexibility index (Phi) is 4.47. The van der Waals surface area contributed by atoms with E-state index in [0.717, 1.165) is 0 Å². The van der Waals surface area contributed by atoms with Crippen molar-refractivity contribution < 1.29 is 33.1 Å². The third-order valence-electron chi connectivity index (χ3n) is 3.40. The molecule has 0 saturated carbocycles. The van der Waals surface area contributed by atoms with Gasteiger partial charge in [0.25, 0.3) is 0 Å². The molecule has 5 N–H and O–H groups in total. The van der Waals surface area contributed by atoms with Gasteiger partial charge in [-0.05, 0) is 0 Å². The third-order valence-corrected chi connectivity index (χ3v) is 4.36. The van der Waals surface area contributed by atoms with E-state index in [4.69, 9.17) is 31.9 Å². The predicted octanol–water partition coefficient (Wildman–Crippen LogP) is -0.477. The Balaban J connectivity index is 1.89. The van der Waals surface area contributed by atoms with Crippen LogP contribution in [0.25, 0.3) is 11.2 Å². The molecule has 0 aromatic carbocycles. The van der Waals surface area contributed by atoms with Gasteiger partial charge in [-0.3, -0.25) is 9.09 Å². The molecule has 0 bridgehead atoms. The highest BCUT2D eigenvalue weighted by atomic mass is 35.5. The number of phosphoric ester groups is 1. The SMILES string of the molecule is Nc1nc(F)nc2c1ncn2[C@@H]1O[C@H](COP(=O)(O)O)[C@@H](O)C1Cl. The molecular weight excluding hydrogens is 372 g/mol. The maximum Gasteiger partial charge on any atom is 0.469 e. The number of phosphoric acid groups is 1. The molecule has 1 fully saturated rings. The predicted molar refractivity (Wildman–Crippen MR) is 77.2 cm³/mol. The summed E-state index contributed by atoms with van der Waals surface area (Å²) in [6.45, 7) is -0.594. The van der Waals surface area contributed by atoms with Crippen molar-refractivity contribution >= 4 is 36.4 Å². The van der Waals surface area contributed by atoms with Gasteiger partial charge in [-0.2, -0.15) is 14.4 Å². The number of nitrogens with two attached hydrogens (primary N) is 1. The summed E-state index contributed by atoms with van der Waals surface area (Å²) in [4.78, 5) is 28.3. The number of fused-ring (bicyclic) bond motifs is 1. The summed E-state index contributed by atoms with van der Waals surface area (Å²) in [5.41, 5.74) is 5.68. The van der Waals surface area contributed by atoms with Crippen LogP contribution in [0.4, 0.5) is 10.2 Å². The average molecular weight is 384 g/mol. The summed E-state index contributed by atoms with van der Waals surface area (Å²) >= 11 is 6.10. The van der Waals surface area contributed by atoms with Crippen molar-refractivity contribution in [1.82, 2.24) is 19.5 Å². The van der Waals surface area contributed by atoms with Crippen LogP contribution in [0.5, 0.6) is 0 Å². The molecule has 1 aliphatic rings. The molecule has 2 aromatic rings. The van der Waals surface area contributed by atoms with Crippen molar-refractivity contribution in [3.05, 3.63) is 12.4 Å². The van der Waals surface area contributed by atoms with E-state index in [2.05, 4.69) is 19.5 Å². The van der Waals surface area contributed by atoms with Crippen molar-refractivity contribution in [3.63, 3.8) is 0 Å². The lowest BCUT2D eigenvalue weighted by atomic mass is 10.2. The second-order valence-electron chi connectivity index (χ2n) is 4.99. The van der Waals surface area contributed by atoms with Gasteiger partial charge in [0.05, 0.1) is 12.9 Å². The minimum Gasteiger partial charge on any atom is -0.389 e. The Labute approximate surface area is 138 Å². The largest absolute Gasteiger partial charge is 0.469 e. The fourth-order valence-corrected chi connectivity index (χ4v) is 3.02. The van der Waals surface area contributed by atoms with E-state index >= 15 is 0 Å². The maximum absolute atomic E-state index is 13.4. The number of hydrogen-bond donors (Lipinski definition) is 4. The zero-order valence-electron chi connectivity index (χ0n) is 11.7. The number of aromatic nitrogens is 4. The molecule has 3 rings (SSSR count). The second-order valence-corrected chi connectivity index (χ2v) is 6.73. The maximum atomic E-state index is 13.4. The molecule has 3 heterocycles. The quantitative estimate of drug-likeness (QED) is 0.307. The number of hydrogen-bond acceptors (Lipinski definition) is 8. The number of imidazole rings is 1. The summed E-state index contributed by atoms with van der Waals surface area (Å²) < 4.78 is 35.1. The van der Waals surface area contributed by atoms with Gasteiger partial charge in [0.1, 0.15) is 17.6 Å². The van der Waals surface area contributed by atoms with E-state index in [1.165, 1.54) is 10.9 Å². The molecule has 1 aliphatic heterocycles. The fourth-order valence-electron chi connectivity index (χ4n) is 2.33. The molecule has 0 aliphatic carbocycles. The highest BCUT2D eigenvalue weighted by Crippen LogP contribution is 2.40. The lowest BCUT2D eigenvalue weighted by molar-refractivity contribution is -0.0423. The molecule has 0 spiro atoms. The normalized spacial score (nSPS) is 27.9. The first-order chi connectivity index (χ1) is 11.2. The standard InChI is InChI=1S/C10H12ClFN5O6P/c11-4-6(18)3(1-22-24(19,20)21)23-9(4)17-2-14-5-7(13)15-10(12)16-8(5)17/h2-4,6,9,18H,1H2,(H2,13,15,16)(H2,19,20,21)/t3-,4?,6-,9-/m1/s1. The number of aliphatic hydroxyl groups is 1. The van der Waals surface area contributed by atoms with Gasteiger partial charge >= 0.3 is 13.9 Å². The van der Waals surface area contributed by atoms with E-state index in [1.807, 2.05) is 0 Å². The smallest absolute Gasteiger partial charge is 0.389 e. The van der Waals surface area contributed by atoms with E-state index in [1.54, 1.807) is 0 Å². The highest BCUT2D eigenvalue weighted by molar-refractivity contribution is 7.46. The van der Waals surface area contributed by atoms with Gasteiger partial charge in [-0.25, -0.2) is 9.55 Å². The van der Waals surface area contributed by atoms with E-state index in [9.17, 15) is 14.1 Å². The number of alkyl halides is 1. The summed E-state index contributed by atoms with van der Waals surface area (Å²) in [5.74, 6) is -0.178. The van der Waals surface area contributed by atoms with Crippen molar-refractivity contribution in [3.8, 4) is 0 Å². The summed E-state index contributed by atoms with van der Waals surface area (Å²) in [6, 6.07) is 0. The molecule has 24 heavy (non-hydrogen) atoms. The van der Waals surface area contributed by atoms with Crippen LogP contribution >= 0.6 is 19.4 Å². The van der Waals surface area contributed by atoms with E-state index < -0.39 is 44.3 Å². The zero-order valence-corrected chi connectivity index (χ0v) is 13.4. The Morgan fingerprint density at radius 2 is 2.21 bits per heavy atom. The first kappa shape index (κ1) is 17.4. The van der Waals surface area contributed by atoms with Crippen LogP contribution in [0, 0.1) is 6.08 Å². The fraction of sp³-hybridized carbons (Fsp3) is 0.500. The molecule has 1 unspecified atom stereocenters. The number of aliphatic hydroxyl groups excluding tert-OH is 1. The van der Waals surface area contributed by atoms with Crippen molar-refractivity contribution in [2.24, 2.45) is 0 Å². The van der Waals surface area contributed by atoms with Crippen LogP contribution in [0.15, 0.2) is 6.33 Å². The number of ether oxygens (including phenoxy) is 1. The number of nitrogens with zero attached hydrogens (tertiary/aromatic N) is 4. The number of nitrogen functional groups attached to an aromatic ring is 1. The Bertz CT molecular complexity index is 816. The minimum absolute atomic E-state index is 0.000550. The monoisotopic (exact) mass is 383 g/mol. The van der Waals surface area contributed by atoms with Crippen molar-refractivity contribution in [1.29, 1.82) is 0 Å². The number of halogens is 2. The first-order valence-corrected chi connectivity index (χ1v) is 8.47. The van der Waals surface area contributed by atoms with Crippen LogP contribution in [0.1, 0.15) is 6.23 Å². The molecule has 0 radical (unpaired) electrons. The lowest BCUT2D eigenvalue weighted by Gasteiger charge is -2.16. The molecule has 14 heteroatoms. The topological polar surface area (TPSA) is 166 Å². The minimum atomic E-state index is -4.74. The third kappa shape index (κ3) is 3.22. The second kappa shape index (κ2) is 6.15. The Hall–Kier alpha value is -1.40. The lowest BCUT2D eigenvalue weighted by Crippen LogP contribution is -2.30. The van der Waals surface area contributed by atoms with Gasteiger partial charge in [0.15, 0.2) is 23.2 Å². The number of anilines is 1. The van der Waals surface area contributed by atoms with Gasteiger partial charge in [-0.15, -0.1) is 11.6 Å². The van der Waals surface area contributed by atoms with Gasteiger partial charge < -0.3 is 25.4 Å². The number of rotatable bonds is 4. The summed E-state index contributed by atoms with van der Waals surface area (Å²) in [5, 5.41) is 9.01. The Morgan fingerprint density at radius 3 is 2.88 bits per heavy atom. The van der Waals surface area contributed by atoms with Gasteiger partial charge in [-0.1, -0.05) is 0 Å². The molecular formula is C10H12ClFN5O6P. The van der Waals surface area contributed by atoms with Crippen LogP contribution in [0.2, 0.25) is 0 Å². The van der Waals surface area contributed by atoms with E-state index in [-0.39, 0.29) is 17.0 Å². The summed E-state index contributed by atoms with van der Waals surface area (Å²) in [7, 11) is -4.74. The van der Waals surface area contributed by atoms with Gasteiger partial charge in [0, 0.05) is 0 Å². The zero-order chi connectivity index (χ0) is 17.6. The Morgan fingerprint density at radius 1 is 1.50 bits per heavy atom. The molecule has 132 valence electrons. The molecule has 0 amide bonds. The van der Waals surface area contributed by atoms with Crippen molar-refractivity contribution in [2.75, 3.05) is 12.3 Å². The average Bonchev–Trinajstić information content (AvgIpc) is 3.00.